The van der Waals surface area contributed by atoms with Crippen molar-refractivity contribution in [2.75, 3.05) is 0 Å². The largest absolute Gasteiger partial charge is 0.573 e. The lowest BCUT2D eigenvalue weighted by Crippen LogP contribution is -2.16. The van der Waals surface area contributed by atoms with Gasteiger partial charge in [-0.25, -0.2) is 0 Å². The number of hydrogen-bond acceptors (Lipinski definition) is 4. The standard InChI is InChI=1S/C11H5F3NO3/c12-11(13,14)17-9-3-1-7(2-4-9)10-5-8(6-16)15-18-10/h1-5H. The summed E-state index contributed by atoms with van der Waals surface area (Å²) in [5.41, 5.74) is 0.458. The van der Waals surface area contributed by atoms with Gasteiger partial charge in [-0.3, -0.25) is 4.79 Å². The average molecular weight is 256 g/mol. The normalized spacial score (nSPS) is 11.3. The number of aromatic nitrogens is 1. The maximum Gasteiger partial charge on any atom is 0.573 e. The minimum Gasteiger partial charge on any atom is -0.406 e. The van der Waals surface area contributed by atoms with E-state index in [4.69, 9.17) is 4.52 Å². The predicted molar refractivity (Wildman–Crippen MR) is 53.4 cm³/mol. The second-order valence-electron chi connectivity index (χ2n) is 3.25. The molecular formula is C11H5F3NO3. The Morgan fingerprint density at radius 1 is 1.22 bits per heavy atom. The van der Waals surface area contributed by atoms with Crippen LogP contribution in [0.15, 0.2) is 34.9 Å². The number of rotatable bonds is 3. The highest BCUT2D eigenvalue weighted by Gasteiger charge is 2.30. The van der Waals surface area contributed by atoms with Crippen molar-refractivity contribution in [2.45, 2.75) is 6.36 Å². The Balaban J connectivity index is 2.19. The fourth-order valence-electron chi connectivity index (χ4n) is 1.28. The first-order valence-electron chi connectivity index (χ1n) is 4.69. The molecule has 1 radical (unpaired) electrons. The third-order valence-corrected chi connectivity index (χ3v) is 1.99. The highest BCUT2D eigenvalue weighted by molar-refractivity contribution is 5.74. The van der Waals surface area contributed by atoms with Crippen molar-refractivity contribution in [2.24, 2.45) is 0 Å². The highest BCUT2D eigenvalue weighted by atomic mass is 19.4. The van der Waals surface area contributed by atoms with Crippen molar-refractivity contribution in [3.8, 4) is 17.1 Å². The lowest BCUT2D eigenvalue weighted by molar-refractivity contribution is -0.274. The van der Waals surface area contributed by atoms with Crippen molar-refractivity contribution in [1.82, 2.24) is 5.16 Å². The van der Waals surface area contributed by atoms with Crippen LogP contribution in [0.5, 0.6) is 5.75 Å². The van der Waals surface area contributed by atoms with Crippen LogP contribution in [0.1, 0.15) is 5.69 Å². The zero-order valence-electron chi connectivity index (χ0n) is 8.69. The molecule has 93 valence electrons. The van der Waals surface area contributed by atoms with Crippen molar-refractivity contribution in [1.29, 1.82) is 0 Å². The minimum absolute atomic E-state index is 0.0133. The fraction of sp³-hybridized carbons (Fsp3) is 0.0909. The van der Waals surface area contributed by atoms with Crippen LogP contribution in [-0.2, 0) is 4.79 Å². The molecule has 0 N–H and O–H groups in total. The summed E-state index contributed by atoms with van der Waals surface area (Å²) in [6.07, 6.45) is -3.20. The number of benzene rings is 1. The Morgan fingerprint density at radius 3 is 2.39 bits per heavy atom. The van der Waals surface area contributed by atoms with Gasteiger partial charge in [-0.05, 0) is 24.3 Å². The van der Waals surface area contributed by atoms with Crippen molar-refractivity contribution < 1.29 is 27.2 Å². The molecule has 0 saturated heterocycles. The van der Waals surface area contributed by atoms with E-state index in [0.717, 1.165) is 12.1 Å². The van der Waals surface area contributed by atoms with Gasteiger partial charge in [0.25, 0.3) is 6.29 Å². The molecule has 1 aromatic carbocycles. The van der Waals surface area contributed by atoms with Gasteiger partial charge in [0.15, 0.2) is 11.5 Å². The second-order valence-corrected chi connectivity index (χ2v) is 3.25. The molecule has 0 aliphatic heterocycles. The molecule has 0 bridgehead atoms. The van der Waals surface area contributed by atoms with Crippen LogP contribution >= 0.6 is 0 Å². The Labute approximate surface area is 99.0 Å². The SMILES string of the molecule is O=[C]c1cc(-c2ccc(OC(F)(F)F)cc2)on1. The average Bonchev–Trinajstić information content (AvgIpc) is 2.76. The van der Waals surface area contributed by atoms with E-state index in [2.05, 4.69) is 9.89 Å². The van der Waals surface area contributed by atoms with Gasteiger partial charge in [-0.2, -0.15) is 0 Å². The van der Waals surface area contributed by atoms with Gasteiger partial charge < -0.3 is 9.26 Å². The first-order chi connectivity index (χ1) is 8.48. The molecule has 0 aliphatic rings. The zero-order chi connectivity index (χ0) is 13.2. The summed E-state index contributed by atoms with van der Waals surface area (Å²) < 4.78 is 44.3. The summed E-state index contributed by atoms with van der Waals surface area (Å²) in [6, 6.07) is 6.31. The maximum absolute atomic E-state index is 11.9. The molecule has 1 heterocycles. The molecule has 0 atom stereocenters. The first-order valence-corrected chi connectivity index (χ1v) is 4.69. The molecule has 1 aromatic heterocycles. The van der Waals surface area contributed by atoms with Crippen LogP contribution in [0.4, 0.5) is 13.2 Å². The van der Waals surface area contributed by atoms with Gasteiger partial charge in [0.05, 0.1) is 0 Å². The number of alkyl halides is 3. The van der Waals surface area contributed by atoms with E-state index in [0.29, 0.717) is 5.56 Å². The smallest absolute Gasteiger partial charge is 0.406 e. The molecule has 18 heavy (non-hydrogen) atoms. The third kappa shape index (κ3) is 2.88. The lowest BCUT2D eigenvalue weighted by Gasteiger charge is -2.08. The fourth-order valence-corrected chi connectivity index (χ4v) is 1.28. The number of hydrogen-bond donors (Lipinski definition) is 0. The number of nitrogens with zero attached hydrogens (tertiary/aromatic N) is 1. The van der Waals surface area contributed by atoms with Crippen LogP contribution in [0, 0.1) is 0 Å². The lowest BCUT2D eigenvalue weighted by atomic mass is 10.1. The summed E-state index contributed by atoms with van der Waals surface area (Å²) in [4.78, 5) is 10.3. The van der Waals surface area contributed by atoms with E-state index in [9.17, 15) is 18.0 Å². The maximum atomic E-state index is 11.9. The Bertz CT molecular complexity index is 545. The number of halogens is 3. The van der Waals surface area contributed by atoms with E-state index in [-0.39, 0.29) is 17.2 Å². The third-order valence-electron chi connectivity index (χ3n) is 1.99. The summed E-state index contributed by atoms with van der Waals surface area (Å²) in [6.45, 7) is 0. The molecular weight excluding hydrogens is 251 g/mol. The summed E-state index contributed by atoms with van der Waals surface area (Å²) in [5, 5.41) is 3.38. The van der Waals surface area contributed by atoms with Crippen molar-refractivity contribution >= 4 is 6.29 Å². The van der Waals surface area contributed by atoms with E-state index in [1.54, 1.807) is 0 Å². The Kier molecular flexibility index (Phi) is 3.05. The highest BCUT2D eigenvalue weighted by Crippen LogP contribution is 2.26. The molecule has 0 spiro atoms. The Morgan fingerprint density at radius 2 is 1.89 bits per heavy atom. The number of carbonyl (C=O) groups excluding carboxylic acids is 1. The molecule has 0 amide bonds. The molecule has 0 saturated carbocycles. The van der Waals surface area contributed by atoms with Gasteiger partial charge >= 0.3 is 6.36 Å². The van der Waals surface area contributed by atoms with Crippen LogP contribution < -0.4 is 4.74 Å². The molecule has 2 aromatic rings. The molecule has 0 fully saturated rings. The molecule has 2 rings (SSSR count). The quantitative estimate of drug-likeness (QED) is 0.847. The molecule has 7 heteroatoms. The van der Waals surface area contributed by atoms with Gasteiger partial charge in [-0.1, -0.05) is 5.16 Å². The molecule has 4 nitrogen and oxygen atoms in total. The minimum atomic E-state index is -4.73. The van der Waals surface area contributed by atoms with E-state index < -0.39 is 6.36 Å². The van der Waals surface area contributed by atoms with E-state index in [1.165, 1.54) is 24.5 Å². The van der Waals surface area contributed by atoms with Crippen LogP contribution in [-0.4, -0.2) is 17.8 Å². The molecule has 0 unspecified atom stereocenters. The monoisotopic (exact) mass is 256 g/mol. The van der Waals surface area contributed by atoms with Gasteiger partial charge in [0.2, 0.25) is 0 Å². The number of ether oxygens (including phenoxy) is 1. The van der Waals surface area contributed by atoms with Crippen LogP contribution in [0.3, 0.4) is 0 Å². The second kappa shape index (κ2) is 4.52. The first kappa shape index (κ1) is 12.2. The topological polar surface area (TPSA) is 52.3 Å². The summed E-state index contributed by atoms with van der Waals surface area (Å²) >= 11 is 0. The Hall–Kier alpha value is -2.31. The van der Waals surface area contributed by atoms with Crippen LogP contribution in [0.2, 0.25) is 0 Å². The van der Waals surface area contributed by atoms with Gasteiger partial charge in [0, 0.05) is 11.6 Å². The van der Waals surface area contributed by atoms with Crippen molar-refractivity contribution in [3.63, 3.8) is 0 Å². The predicted octanol–water partition coefficient (Wildman–Crippen LogP) is 2.70. The molecule has 0 aliphatic carbocycles. The van der Waals surface area contributed by atoms with Crippen molar-refractivity contribution in [3.05, 3.63) is 36.0 Å². The summed E-state index contributed by atoms with van der Waals surface area (Å²) in [5.74, 6) is -0.0835. The van der Waals surface area contributed by atoms with Crippen LogP contribution in [0.25, 0.3) is 11.3 Å². The van der Waals surface area contributed by atoms with Gasteiger partial charge in [0.1, 0.15) is 5.75 Å². The van der Waals surface area contributed by atoms with Gasteiger partial charge in [-0.15, -0.1) is 13.2 Å². The zero-order valence-corrected chi connectivity index (χ0v) is 8.69. The summed E-state index contributed by atoms with van der Waals surface area (Å²) in [7, 11) is 0. The van der Waals surface area contributed by atoms with E-state index in [1.807, 2.05) is 0 Å². The van der Waals surface area contributed by atoms with E-state index >= 15 is 0 Å².